The third-order valence-electron chi connectivity index (χ3n) is 4.39. The molecule has 3 aromatic rings. The highest BCUT2D eigenvalue weighted by Gasteiger charge is 2.23. The van der Waals surface area contributed by atoms with E-state index in [0.717, 1.165) is 22.9 Å². The number of H-pyrrole nitrogens is 1. The van der Waals surface area contributed by atoms with Crippen LogP contribution in [0.1, 0.15) is 47.2 Å². The summed E-state index contributed by atoms with van der Waals surface area (Å²) in [6, 6.07) is 3.86. The third kappa shape index (κ3) is 3.68. The Bertz CT molecular complexity index is 902. The summed E-state index contributed by atoms with van der Waals surface area (Å²) in [6.45, 7) is 8.95. The SMILES string of the molecule is Cc1cc(C)n(Cc2cc(C(=O)N(Cc3nccn3C)C(C)C)n[nH]2)n1. The summed E-state index contributed by atoms with van der Waals surface area (Å²) < 4.78 is 3.81. The van der Waals surface area contributed by atoms with Crippen LogP contribution in [0.3, 0.4) is 0 Å². The topological polar surface area (TPSA) is 84.6 Å². The van der Waals surface area contributed by atoms with Crippen LogP contribution in [0.5, 0.6) is 0 Å². The number of carbonyl (C=O) groups is 1. The zero-order valence-electron chi connectivity index (χ0n) is 15.9. The largest absolute Gasteiger partial charge is 0.337 e. The van der Waals surface area contributed by atoms with Crippen molar-refractivity contribution in [3.05, 3.63) is 53.1 Å². The second-order valence-corrected chi connectivity index (χ2v) is 6.84. The maximum atomic E-state index is 12.9. The maximum absolute atomic E-state index is 12.9. The lowest BCUT2D eigenvalue weighted by atomic mass is 10.2. The van der Waals surface area contributed by atoms with Crippen LogP contribution < -0.4 is 0 Å². The molecule has 3 aromatic heterocycles. The van der Waals surface area contributed by atoms with Gasteiger partial charge in [0.2, 0.25) is 0 Å². The molecule has 0 spiro atoms. The van der Waals surface area contributed by atoms with Gasteiger partial charge in [-0.25, -0.2) is 4.98 Å². The predicted octanol–water partition coefficient (Wildman–Crippen LogP) is 2.06. The van der Waals surface area contributed by atoms with Crippen molar-refractivity contribution < 1.29 is 4.79 Å². The Morgan fingerprint density at radius 3 is 2.65 bits per heavy atom. The van der Waals surface area contributed by atoms with Gasteiger partial charge in [0.15, 0.2) is 5.69 Å². The van der Waals surface area contributed by atoms with Crippen molar-refractivity contribution in [2.24, 2.45) is 7.05 Å². The van der Waals surface area contributed by atoms with E-state index in [1.807, 2.05) is 56.3 Å². The van der Waals surface area contributed by atoms with Crippen LogP contribution in [-0.4, -0.2) is 46.4 Å². The van der Waals surface area contributed by atoms with E-state index < -0.39 is 0 Å². The second-order valence-electron chi connectivity index (χ2n) is 6.84. The summed E-state index contributed by atoms with van der Waals surface area (Å²) in [5.74, 6) is 0.726. The molecule has 0 atom stereocenters. The van der Waals surface area contributed by atoms with E-state index >= 15 is 0 Å². The lowest BCUT2D eigenvalue weighted by Gasteiger charge is -2.25. The van der Waals surface area contributed by atoms with E-state index in [9.17, 15) is 4.79 Å². The van der Waals surface area contributed by atoms with Gasteiger partial charge in [-0.2, -0.15) is 10.2 Å². The molecule has 1 N–H and O–H groups in total. The number of nitrogens with zero attached hydrogens (tertiary/aromatic N) is 6. The van der Waals surface area contributed by atoms with E-state index in [4.69, 9.17) is 0 Å². The second kappa shape index (κ2) is 7.15. The molecule has 3 rings (SSSR count). The number of aromatic nitrogens is 6. The molecule has 0 aliphatic heterocycles. The Kier molecular flexibility index (Phi) is 4.92. The first-order valence-corrected chi connectivity index (χ1v) is 8.67. The molecule has 138 valence electrons. The normalized spacial score (nSPS) is 11.3. The van der Waals surface area contributed by atoms with E-state index in [-0.39, 0.29) is 11.9 Å². The summed E-state index contributed by atoms with van der Waals surface area (Å²) in [5, 5.41) is 11.6. The lowest BCUT2D eigenvalue weighted by molar-refractivity contribution is 0.0677. The number of aryl methyl sites for hydroxylation is 3. The van der Waals surface area contributed by atoms with Crippen molar-refractivity contribution in [2.75, 3.05) is 0 Å². The average molecular weight is 355 g/mol. The Balaban J connectivity index is 1.76. The molecule has 1 amide bonds. The average Bonchev–Trinajstić information content (AvgIpc) is 3.27. The molecule has 3 heterocycles. The summed E-state index contributed by atoms with van der Waals surface area (Å²) in [5.41, 5.74) is 3.30. The Labute approximate surface area is 152 Å². The molecule has 0 saturated carbocycles. The number of aromatic amines is 1. The molecule has 0 unspecified atom stereocenters. The molecule has 0 aromatic carbocycles. The van der Waals surface area contributed by atoms with Crippen LogP contribution in [0.2, 0.25) is 0 Å². The predicted molar refractivity (Wildman–Crippen MR) is 97.6 cm³/mol. The molecule has 0 fully saturated rings. The highest BCUT2D eigenvalue weighted by atomic mass is 16.2. The quantitative estimate of drug-likeness (QED) is 0.733. The molecule has 0 saturated heterocycles. The highest BCUT2D eigenvalue weighted by Crippen LogP contribution is 2.13. The summed E-state index contributed by atoms with van der Waals surface area (Å²) >= 11 is 0. The van der Waals surface area contributed by atoms with E-state index in [1.54, 1.807) is 17.2 Å². The minimum absolute atomic E-state index is 0.0374. The van der Waals surface area contributed by atoms with Gasteiger partial charge in [0.05, 0.1) is 24.5 Å². The fourth-order valence-corrected chi connectivity index (χ4v) is 2.89. The minimum Gasteiger partial charge on any atom is -0.337 e. The van der Waals surface area contributed by atoms with Crippen molar-refractivity contribution in [3.8, 4) is 0 Å². The van der Waals surface area contributed by atoms with Crippen molar-refractivity contribution in [3.63, 3.8) is 0 Å². The van der Waals surface area contributed by atoms with E-state index in [0.29, 0.717) is 18.8 Å². The van der Waals surface area contributed by atoms with Crippen LogP contribution in [0.4, 0.5) is 0 Å². The minimum atomic E-state index is -0.112. The van der Waals surface area contributed by atoms with Gasteiger partial charge in [0, 0.05) is 31.2 Å². The zero-order chi connectivity index (χ0) is 18.8. The Hall–Kier alpha value is -2.90. The molecule has 8 heteroatoms. The Morgan fingerprint density at radius 2 is 2.08 bits per heavy atom. The Morgan fingerprint density at radius 1 is 1.31 bits per heavy atom. The first kappa shape index (κ1) is 17.9. The van der Waals surface area contributed by atoms with Gasteiger partial charge in [-0.15, -0.1) is 0 Å². The van der Waals surface area contributed by atoms with Crippen molar-refractivity contribution >= 4 is 5.91 Å². The molecule has 0 bridgehead atoms. The fourth-order valence-electron chi connectivity index (χ4n) is 2.89. The van der Waals surface area contributed by atoms with Crippen molar-refractivity contribution in [1.29, 1.82) is 0 Å². The van der Waals surface area contributed by atoms with Crippen LogP contribution in [0, 0.1) is 13.8 Å². The van der Waals surface area contributed by atoms with E-state index in [2.05, 4.69) is 20.3 Å². The highest BCUT2D eigenvalue weighted by molar-refractivity contribution is 5.92. The summed E-state index contributed by atoms with van der Waals surface area (Å²) in [7, 11) is 1.92. The number of hydrogen-bond acceptors (Lipinski definition) is 4. The van der Waals surface area contributed by atoms with E-state index in [1.165, 1.54) is 0 Å². The van der Waals surface area contributed by atoms with Crippen molar-refractivity contribution in [2.45, 2.75) is 46.8 Å². The molecular weight excluding hydrogens is 330 g/mol. The monoisotopic (exact) mass is 355 g/mol. The molecule has 0 aliphatic rings. The number of rotatable bonds is 6. The number of carbonyl (C=O) groups excluding carboxylic acids is 1. The number of amides is 1. The fraction of sp³-hybridized carbons (Fsp3) is 0.444. The standard InChI is InChI=1S/C18H25N7O/c1-12(2)24(11-17-19-6-7-23(17)5)18(26)16-9-15(20-21-16)10-25-14(4)8-13(3)22-25/h6-9,12H,10-11H2,1-5H3,(H,20,21). The third-order valence-corrected chi connectivity index (χ3v) is 4.39. The van der Waals surface area contributed by atoms with Gasteiger partial charge < -0.3 is 9.47 Å². The molecule has 0 radical (unpaired) electrons. The van der Waals surface area contributed by atoms with Gasteiger partial charge in [-0.05, 0) is 39.8 Å². The molecule has 8 nitrogen and oxygen atoms in total. The number of nitrogens with one attached hydrogen (secondary N) is 1. The summed E-state index contributed by atoms with van der Waals surface area (Å²) in [4.78, 5) is 19.0. The summed E-state index contributed by atoms with van der Waals surface area (Å²) in [6.07, 6.45) is 3.61. The first-order valence-electron chi connectivity index (χ1n) is 8.67. The maximum Gasteiger partial charge on any atom is 0.274 e. The van der Waals surface area contributed by atoms with Gasteiger partial charge in [0.1, 0.15) is 5.82 Å². The van der Waals surface area contributed by atoms with Gasteiger partial charge in [-0.3, -0.25) is 14.6 Å². The number of hydrogen-bond donors (Lipinski definition) is 1. The molecular formula is C18H25N7O. The molecule has 26 heavy (non-hydrogen) atoms. The lowest BCUT2D eigenvalue weighted by Crippen LogP contribution is -2.37. The van der Waals surface area contributed by atoms with Crippen LogP contribution in [0.25, 0.3) is 0 Å². The van der Waals surface area contributed by atoms with Crippen LogP contribution >= 0.6 is 0 Å². The smallest absolute Gasteiger partial charge is 0.274 e. The van der Waals surface area contributed by atoms with Gasteiger partial charge >= 0.3 is 0 Å². The zero-order valence-corrected chi connectivity index (χ0v) is 15.9. The van der Waals surface area contributed by atoms with Crippen molar-refractivity contribution in [1.82, 2.24) is 34.4 Å². The van der Waals surface area contributed by atoms with Gasteiger partial charge in [-0.1, -0.05) is 0 Å². The van der Waals surface area contributed by atoms with Crippen LogP contribution in [-0.2, 0) is 20.1 Å². The van der Waals surface area contributed by atoms with Gasteiger partial charge in [0.25, 0.3) is 5.91 Å². The first-order chi connectivity index (χ1) is 12.3. The molecule has 0 aliphatic carbocycles. The van der Waals surface area contributed by atoms with Crippen LogP contribution in [0.15, 0.2) is 24.5 Å². The number of imidazole rings is 1.